The zero-order valence-corrected chi connectivity index (χ0v) is 16.1. The highest BCUT2D eigenvalue weighted by molar-refractivity contribution is 6.07. The molecule has 6 rings (SSSR count). The van der Waals surface area contributed by atoms with E-state index in [1.807, 2.05) is 13.8 Å². The third-order valence-corrected chi connectivity index (χ3v) is 8.84. The van der Waals surface area contributed by atoms with Crippen LogP contribution in [-0.4, -0.2) is 57.8 Å². The molecule has 2 heterocycles. The monoisotopic (exact) mass is 390 g/mol. The fraction of sp³-hybridized carbons (Fsp3) is 0.762. The predicted octanol–water partition coefficient (Wildman–Crippen LogP) is 0.00880. The third kappa shape index (κ3) is 1.53. The van der Waals surface area contributed by atoms with Gasteiger partial charge in [0.25, 0.3) is 0 Å². The predicted molar refractivity (Wildman–Crippen MR) is 94.6 cm³/mol. The van der Waals surface area contributed by atoms with E-state index in [1.54, 1.807) is 0 Å². The molecule has 7 heteroatoms. The Labute approximate surface area is 162 Å². The van der Waals surface area contributed by atoms with Gasteiger partial charge in [0.2, 0.25) is 5.79 Å². The van der Waals surface area contributed by atoms with Crippen molar-refractivity contribution in [1.29, 1.82) is 0 Å². The Morgan fingerprint density at radius 2 is 1.86 bits per heavy atom. The van der Waals surface area contributed by atoms with Gasteiger partial charge in [-0.3, -0.25) is 9.59 Å². The molecule has 4 bridgehead atoms. The molecule has 3 N–H and O–H groups in total. The SMILES string of the molecule is C=C1C(=O)C23C(O)C1CCC2C12COC3(O)C(O)C1C(C)(C)CC(C=O)C2=O. The van der Waals surface area contributed by atoms with E-state index in [-0.39, 0.29) is 24.4 Å². The van der Waals surface area contributed by atoms with Crippen LogP contribution in [0.2, 0.25) is 0 Å². The summed E-state index contributed by atoms with van der Waals surface area (Å²) in [5, 5.41) is 34.1. The van der Waals surface area contributed by atoms with Crippen LogP contribution in [0.5, 0.6) is 0 Å². The summed E-state index contributed by atoms with van der Waals surface area (Å²) in [4.78, 5) is 38.7. The third-order valence-electron chi connectivity index (χ3n) is 8.84. The molecule has 0 aromatic heterocycles. The van der Waals surface area contributed by atoms with E-state index < -0.39 is 63.7 Å². The largest absolute Gasteiger partial charge is 0.391 e. The first kappa shape index (κ1) is 18.6. The molecule has 9 unspecified atom stereocenters. The molecule has 7 nitrogen and oxygen atoms in total. The number of fused-ring (bicyclic) bond motifs is 2. The lowest BCUT2D eigenvalue weighted by Crippen LogP contribution is -2.85. The molecule has 9 atom stereocenters. The molecule has 2 saturated heterocycles. The standard InChI is InChI=1S/C21H26O7/c1-9-11-4-5-12-19-8-28-21(27,20(12,14(9)23)16(11)25)17(26)13(19)18(2,3)6-10(7-22)15(19)24/h7,10-13,16-17,25-27H,1,4-6,8H2,2-3H3. The van der Waals surface area contributed by atoms with E-state index >= 15 is 0 Å². The van der Waals surface area contributed by atoms with Crippen LogP contribution in [0.3, 0.4) is 0 Å². The van der Waals surface area contributed by atoms with Crippen LogP contribution < -0.4 is 0 Å². The molecule has 0 radical (unpaired) electrons. The van der Waals surface area contributed by atoms with Gasteiger partial charge in [0.15, 0.2) is 11.6 Å². The van der Waals surface area contributed by atoms with Gasteiger partial charge in [-0.25, -0.2) is 0 Å². The van der Waals surface area contributed by atoms with Crippen LogP contribution in [0.25, 0.3) is 0 Å². The minimum atomic E-state index is -2.29. The average molecular weight is 390 g/mol. The van der Waals surface area contributed by atoms with Crippen molar-refractivity contribution >= 4 is 17.9 Å². The van der Waals surface area contributed by atoms with Gasteiger partial charge in [0.05, 0.1) is 24.0 Å². The molecular weight excluding hydrogens is 364 g/mol. The maximum absolute atomic E-state index is 13.6. The zero-order chi connectivity index (χ0) is 20.4. The quantitative estimate of drug-likeness (QED) is 0.328. The number of carbonyl (C=O) groups excluding carboxylic acids is 3. The summed E-state index contributed by atoms with van der Waals surface area (Å²) in [7, 11) is 0. The second-order valence-corrected chi connectivity index (χ2v) is 10.2. The summed E-state index contributed by atoms with van der Waals surface area (Å²) in [6, 6.07) is 0. The molecular formula is C21H26O7. The van der Waals surface area contributed by atoms with Crippen molar-refractivity contribution in [3.05, 3.63) is 12.2 Å². The second-order valence-electron chi connectivity index (χ2n) is 10.2. The smallest absolute Gasteiger partial charge is 0.208 e. The molecule has 6 fully saturated rings. The lowest BCUT2D eigenvalue weighted by Gasteiger charge is -2.73. The van der Waals surface area contributed by atoms with E-state index in [9.17, 15) is 29.7 Å². The second kappa shape index (κ2) is 5.01. The molecule has 4 aliphatic carbocycles. The molecule has 6 aliphatic rings. The molecule has 2 aliphatic heterocycles. The topological polar surface area (TPSA) is 121 Å². The first-order chi connectivity index (χ1) is 13.0. The highest BCUT2D eigenvalue weighted by Crippen LogP contribution is 2.75. The number of ketones is 2. The van der Waals surface area contributed by atoms with Crippen LogP contribution in [0.1, 0.15) is 33.1 Å². The van der Waals surface area contributed by atoms with Gasteiger partial charge in [0.1, 0.15) is 17.8 Å². The van der Waals surface area contributed by atoms with Gasteiger partial charge in [-0.2, -0.15) is 0 Å². The molecule has 0 amide bonds. The van der Waals surface area contributed by atoms with E-state index in [0.717, 1.165) is 0 Å². The van der Waals surface area contributed by atoms with Crippen molar-refractivity contribution in [2.75, 3.05) is 6.61 Å². The normalized spacial score (nSPS) is 56.4. The number of aliphatic hydroxyl groups is 3. The van der Waals surface area contributed by atoms with Crippen LogP contribution in [0.4, 0.5) is 0 Å². The van der Waals surface area contributed by atoms with Crippen molar-refractivity contribution in [3.63, 3.8) is 0 Å². The molecule has 0 aromatic rings. The Morgan fingerprint density at radius 1 is 1.18 bits per heavy atom. The van der Waals surface area contributed by atoms with E-state index in [0.29, 0.717) is 19.1 Å². The van der Waals surface area contributed by atoms with Crippen molar-refractivity contribution in [3.8, 4) is 0 Å². The first-order valence-electron chi connectivity index (χ1n) is 9.97. The Morgan fingerprint density at radius 3 is 2.50 bits per heavy atom. The highest BCUT2D eigenvalue weighted by atomic mass is 16.6. The first-order valence-corrected chi connectivity index (χ1v) is 9.97. The summed E-state index contributed by atoms with van der Waals surface area (Å²) < 4.78 is 5.72. The van der Waals surface area contributed by atoms with Gasteiger partial charge in [-0.1, -0.05) is 20.4 Å². The maximum atomic E-state index is 13.6. The Kier molecular flexibility index (Phi) is 3.33. The molecule has 2 spiro atoms. The number of aliphatic hydroxyl groups excluding tert-OH is 2. The lowest BCUT2D eigenvalue weighted by molar-refractivity contribution is -0.438. The number of ether oxygens (including phenoxy) is 1. The van der Waals surface area contributed by atoms with Crippen LogP contribution in [0.15, 0.2) is 12.2 Å². The molecule has 0 aromatic carbocycles. The highest BCUT2D eigenvalue weighted by Gasteiger charge is 2.87. The number of hydrogen-bond acceptors (Lipinski definition) is 7. The maximum Gasteiger partial charge on any atom is 0.208 e. The number of carbonyl (C=O) groups is 3. The van der Waals surface area contributed by atoms with Crippen LogP contribution in [-0.2, 0) is 19.1 Å². The molecule has 4 saturated carbocycles. The molecule has 152 valence electrons. The Bertz CT molecular complexity index is 833. The zero-order valence-electron chi connectivity index (χ0n) is 16.1. The summed E-state index contributed by atoms with van der Waals surface area (Å²) in [6.45, 7) is 7.42. The van der Waals surface area contributed by atoms with E-state index in [2.05, 4.69) is 6.58 Å². The lowest BCUT2D eigenvalue weighted by atomic mass is 9.35. The van der Waals surface area contributed by atoms with Gasteiger partial charge >= 0.3 is 0 Å². The van der Waals surface area contributed by atoms with Gasteiger partial charge < -0.3 is 24.9 Å². The van der Waals surface area contributed by atoms with Crippen LogP contribution >= 0.6 is 0 Å². The number of aldehydes is 1. The van der Waals surface area contributed by atoms with E-state index in [4.69, 9.17) is 4.74 Å². The molecule has 28 heavy (non-hydrogen) atoms. The van der Waals surface area contributed by atoms with E-state index in [1.165, 1.54) is 0 Å². The summed E-state index contributed by atoms with van der Waals surface area (Å²) in [6.07, 6.45) is -1.02. The Hall–Kier alpha value is -1.41. The fourth-order valence-corrected chi connectivity index (χ4v) is 7.99. The summed E-state index contributed by atoms with van der Waals surface area (Å²) >= 11 is 0. The number of hydrogen-bond donors (Lipinski definition) is 3. The average Bonchev–Trinajstić information content (AvgIpc) is 2.75. The summed E-state index contributed by atoms with van der Waals surface area (Å²) in [5.41, 5.74) is -3.55. The minimum Gasteiger partial charge on any atom is -0.391 e. The number of rotatable bonds is 1. The minimum absolute atomic E-state index is 0.165. The van der Waals surface area contributed by atoms with Crippen molar-refractivity contribution < 1.29 is 34.4 Å². The van der Waals surface area contributed by atoms with Gasteiger partial charge in [-0.05, 0) is 36.2 Å². The summed E-state index contributed by atoms with van der Waals surface area (Å²) in [5.74, 6) is -5.92. The van der Waals surface area contributed by atoms with Gasteiger partial charge in [-0.15, -0.1) is 0 Å². The van der Waals surface area contributed by atoms with Crippen molar-refractivity contribution in [2.24, 2.45) is 39.9 Å². The van der Waals surface area contributed by atoms with Gasteiger partial charge in [0, 0.05) is 11.8 Å². The van der Waals surface area contributed by atoms with Crippen LogP contribution in [0, 0.1) is 39.9 Å². The fourth-order valence-electron chi connectivity index (χ4n) is 7.99. The van der Waals surface area contributed by atoms with Crippen molar-refractivity contribution in [1.82, 2.24) is 0 Å². The van der Waals surface area contributed by atoms with Crippen molar-refractivity contribution in [2.45, 2.75) is 51.1 Å². The Balaban J connectivity index is 1.83. The number of Topliss-reactive ketones (excluding diaryl/α,β-unsaturated/α-hetero) is 2.